The van der Waals surface area contributed by atoms with Crippen LogP contribution in [0.15, 0.2) is 68.4 Å². The van der Waals surface area contributed by atoms with E-state index in [1.165, 1.54) is 17.0 Å². The van der Waals surface area contributed by atoms with Crippen molar-refractivity contribution in [2.45, 2.75) is 13.5 Å². The zero-order chi connectivity index (χ0) is 22.1. The Morgan fingerprint density at radius 2 is 1.97 bits per heavy atom. The highest BCUT2D eigenvalue weighted by atomic mass is 79.9. The number of thioether (sulfide) groups is 1. The van der Waals surface area contributed by atoms with Crippen LogP contribution in [-0.4, -0.2) is 27.1 Å². The number of carbonyl (C=O) groups is 3. The van der Waals surface area contributed by atoms with Crippen LogP contribution in [0.3, 0.4) is 0 Å². The molecule has 1 saturated heterocycles. The summed E-state index contributed by atoms with van der Waals surface area (Å²) in [5, 5.41) is 8.88. The molecule has 1 N–H and O–H groups in total. The highest BCUT2D eigenvalue weighted by molar-refractivity contribution is 9.10. The van der Waals surface area contributed by atoms with E-state index in [-0.39, 0.29) is 28.2 Å². The summed E-state index contributed by atoms with van der Waals surface area (Å²) < 4.78 is 6.70. The third kappa shape index (κ3) is 4.50. The van der Waals surface area contributed by atoms with Crippen LogP contribution in [0.2, 0.25) is 0 Å². The maximum Gasteiger partial charge on any atom is 0.335 e. The summed E-state index contributed by atoms with van der Waals surface area (Å²) in [7, 11) is 0. The second kappa shape index (κ2) is 8.56. The van der Waals surface area contributed by atoms with Gasteiger partial charge >= 0.3 is 5.97 Å². The SMILES string of the molecule is Cc1ccc(C(=O)O)cc1-c1ccc(/C=C2\SC(=O)N(Cc3cccc(Br)c3)C2=O)o1. The fraction of sp³-hybridized carbons (Fsp3) is 0.0870. The number of benzene rings is 2. The molecule has 2 heterocycles. The highest BCUT2D eigenvalue weighted by Crippen LogP contribution is 2.35. The molecule has 8 heteroatoms. The monoisotopic (exact) mass is 497 g/mol. The van der Waals surface area contributed by atoms with Crippen LogP contribution in [0, 0.1) is 6.92 Å². The Labute approximate surface area is 190 Å². The maximum atomic E-state index is 12.8. The quantitative estimate of drug-likeness (QED) is 0.438. The van der Waals surface area contributed by atoms with E-state index in [1.807, 2.05) is 31.2 Å². The standard InChI is InChI=1S/C23H16BrNO5S/c1-13-5-6-15(22(27)28)10-18(13)19-8-7-17(30-19)11-20-21(26)25(23(29)31-20)12-14-3-2-4-16(24)9-14/h2-11H,12H2,1H3,(H,27,28)/b20-11-. The summed E-state index contributed by atoms with van der Waals surface area (Å²) in [6, 6.07) is 15.6. The van der Waals surface area contributed by atoms with Crippen LogP contribution in [0.25, 0.3) is 17.4 Å². The van der Waals surface area contributed by atoms with Gasteiger partial charge in [-0.3, -0.25) is 14.5 Å². The van der Waals surface area contributed by atoms with E-state index < -0.39 is 5.97 Å². The summed E-state index contributed by atoms with van der Waals surface area (Å²) in [6.07, 6.45) is 1.53. The Balaban J connectivity index is 1.57. The van der Waals surface area contributed by atoms with Crippen LogP contribution < -0.4 is 0 Å². The number of carboxylic acid groups (broad SMARTS) is 1. The van der Waals surface area contributed by atoms with Crippen LogP contribution in [0.4, 0.5) is 4.79 Å². The number of rotatable bonds is 5. The molecular formula is C23H16BrNO5S. The van der Waals surface area contributed by atoms with E-state index in [0.717, 1.165) is 27.4 Å². The minimum absolute atomic E-state index is 0.159. The number of furan rings is 1. The first-order valence-electron chi connectivity index (χ1n) is 9.26. The lowest BCUT2D eigenvalue weighted by Gasteiger charge is -2.12. The molecule has 156 valence electrons. The summed E-state index contributed by atoms with van der Waals surface area (Å²) >= 11 is 4.25. The van der Waals surface area contributed by atoms with Gasteiger partial charge in [0.15, 0.2) is 0 Å². The van der Waals surface area contributed by atoms with E-state index in [2.05, 4.69) is 15.9 Å². The summed E-state index contributed by atoms with van der Waals surface area (Å²) in [6.45, 7) is 2.04. The van der Waals surface area contributed by atoms with Gasteiger partial charge in [0, 0.05) is 16.1 Å². The number of carbonyl (C=O) groups excluding carboxylic acids is 2. The zero-order valence-electron chi connectivity index (χ0n) is 16.3. The molecule has 1 aliphatic heterocycles. The van der Waals surface area contributed by atoms with Crippen molar-refractivity contribution in [1.82, 2.24) is 4.90 Å². The molecule has 1 aliphatic rings. The van der Waals surface area contributed by atoms with Crippen LogP contribution >= 0.6 is 27.7 Å². The lowest BCUT2D eigenvalue weighted by molar-refractivity contribution is -0.123. The van der Waals surface area contributed by atoms with Gasteiger partial charge in [-0.1, -0.05) is 34.1 Å². The fourth-order valence-electron chi connectivity index (χ4n) is 3.18. The Morgan fingerprint density at radius 3 is 2.71 bits per heavy atom. The van der Waals surface area contributed by atoms with Crippen molar-refractivity contribution in [3.63, 3.8) is 0 Å². The molecule has 1 aromatic heterocycles. The van der Waals surface area contributed by atoms with E-state index in [1.54, 1.807) is 24.3 Å². The van der Waals surface area contributed by atoms with E-state index in [9.17, 15) is 19.5 Å². The lowest BCUT2D eigenvalue weighted by atomic mass is 10.0. The molecule has 1 fully saturated rings. The average Bonchev–Trinajstić information content (AvgIpc) is 3.28. The molecule has 0 unspecified atom stereocenters. The molecule has 0 atom stereocenters. The number of hydrogen-bond acceptors (Lipinski definition) is 5. The van der Waals surface area contributed by atoms with Crippen molar-refractivity contribution in [2.24, 2.45) is 0 Å². The lowest BCUT2D eigenvalue weighted by Crippen LogP contribution is -2.27. The molecule has 2 aromatic carbocycles. The van der Waals surface area contributed by atoms with Crippen molar-refractivity contribution < 1.29 is 23.9 Å². The zero-order valence-corrected chi connectivity index (χ0v) is 18.7. The van der Waals surface area contributed by atoms with Gasteiger partial charge in [-0.05, 0) is 66.2 Å². The maximum absolute atomic E-state index is 12.8. The number of amides is 2. The first-order chi connectivity index (χ1) is 14.8. The van der Waals surface area contributed by atoms with E-state index in [0.29, 0.717) is 17.1 Å². The molecule has 0 saturated carbocycles. The van der Waals surface area contributed by atoms with Gasteiger partial charge in [0.2, 0.25) is 0 Å². The third-order valence-corrected chi connectivity index (χ3v) is 6.15. The first-order valence-corrected chi connectivity index (χ1v) is 10.9. The van der Waals surface area contributed by atoms with Crippen molar-refractivity contribution in [1.29, 1.82) is 0 Å². The molecule has 0 bridgehead atoms. The van der Waals surface area contributed by atoms with Gasteiger partial charge in [-0.2, -0.15) is 0 Å². The molecule has 2 amide bonds. The summed E-state index contributed by atoms with van der Waals surface area (Å²) in [4.78, 5) is 37.9. The Hall–Kier alpha value is -3.10. The van der Waals surface area contributed by atoms with Crippen molar-refractivity contribution in [2.75, 3.05) is 0 Å². The third-order valence-electron chi connectivity index (χ3n) is 4.75. The van der Waals surface area contributed by atoms with Crippen molar-refractivity contribution in [3.8, 4) is 11.3 Å². The summed E-state index contributed by atoms with van der Waals surface area (Å²) in [5.74, 6) is -0.507. The largest absolute Gasteiger partial charge is 0.478 e. The molecule has 0 aliphatic carbocycles. The van der Waals surface area contributed by atoms with Gasteiger partial charge < -0.3 is 9.52 Å². The smallest absolute Gasteiger partial charge is 0.335 e. The van der Waals surface area contributed by atoms with Gasteiger partial charge in [-0.15, -0.1) is 0 Å². The molecule has 4 rings (SSSR count). The van der Waals surface area contributed by atoms with Gasteiger partial charge in [0.1, 0.15) is 11.5 Å². The molecule has 3 aromatic rings. The minimum atomic E-state index is -1.02. The number of carboxylic acids is 1. The van der Waals surface area contributed by atoms with Gasteiger partial charge in [0.25, 0.3) is 11.1 Å². The highest BCUT2D eigenvalue weighted by Gasteiger charge is 2.35. The van der Waals surface area contributed by atoms with E-state index in [4.69, 9.17) is 4.42 Å². The van der Waals surface area contributed by atoms with Gasteiger partial charge in [0.05, 0.1) is 17.0 Å². The average molecular weight is 498 g/mol. The summed E-state index contributed by atoms with van der Waals surface area (Å²) in [5.41, 5.74) is 2.52. The molecule has 0 radical (unpaired) electrons. The van der Waals surface area contributed by atoms with Gasteiger partial charge in [-0.25, -0.2) is 4.79 Å². The molecule has 6 nitrogen and oxygen atoms in total. The van der Waals surface area contributed by atoms with Crippen molar-refractivity contribution in [3.05, 3.63) is 86.4 Å². The normalized spacial score (nSPS) is 15.2. The number of aryl methyl sites for hydroxylation is 1. The Morgan fingerprint density at radius 1 is 1.16 bits per heavy atom. The number of nitrogens with zero attached hydrogens (tertiary/aromatic N) is 1. The van der Waals surface area contributed by atoms with Crippen LogP contribution in [-0.2, 0) is 11.3 Å². The molecule has 31 heavy (non-hydrogen) atoms. The Bertz CT molecular complexity index is 1250. The predicted molar refractivity (Wildman–Crippen MR) is 121 cm³/mol. The second-order valence-electron chi connectivity index (χ2n) is 6.93. The number of hydrogen-bond donors (Lipinski definition) is 1. The Kier molecular flexibility index (Phi) is 5.84. The topological polar surface area (TPSA) is 87.8 Å². The number of aromatic carboxylic acids is 1. The second-order valence-corrected chi connectivity index (χ2v) is 8.84. The number of imide groups is 1. The van der Waals surface area contributed by atoms with Crippen molar-refractivity contribution >= 4 is 50.9 Å². The fourth-order valence-corrected chi connectivity index (χ4v) is 4.44. The minimum Gasteiger partial charge on any atom is -0.478 e. The van der Waals surface area contributed by atoms with Crippen LogP contribution in [0.5, 0.6) is 0 Å². The predicted octanol–water partition coefficient (Wildman–Crippen LogP) is 5.95. The molecule has 0 spiro atoms. The first kappa shape index (κ1) is 21.1. The van der Waals surface area contributed by atoms with Crippen LogP contribution in [0.1, 0.15) is 27.2 Å². The molecular weight excluding hydrogens is 482 g/mol. The number of halogens is 1. The van der Waals surface area contributed by atoms with E-state index >= 15 is 0 Å².